The van der Waals surface area contributed by atoms with Crippen molar-refractivity contribution in [2.45, 2.75) is 188 Å². The first kappa shape index (κ1) is 57.0. The van der Waals surface area contributed by atoms with Gasteiger partial charge in [-0.15, -0.1) is 0 Å². The zero-order valence-electron chi connectivity index (χ0n) is 42.3. The zero-order chi connectivity index (χ0) is 45.6. The smallest absolute Gasteiger partial charge is 0.150 e. The molecule has 3 saturated heterocycles. The van der Waals surface area contributed by atoms with Gasteiger partial charge in [0.05, 0.1) is 5.69 Å². The lowest BCUT2D eigenvalue weighted by molar-refractivity contribution is 0.248. The van der Waals surface area contributed by atoms with E-state index in [9.17, 15) is 0 Å². The SMILES string of the molecule is CCCCCC.CCCCCCC.CCCCCCC.CN1CCCC(c2ccccn2)C1.CN1CCCC(c2ccncn2)C1.CN1CCCC(c2nccnc2N(C)C)C1. The van der Waals surface area contributed by atoms with Crippen LogP contribution in [0, 0.1) is 0 Å². The fourth-order valence-corrected chi connectivity index (χ4v) is 8.19. The molecule has 3 atom stereocenters. The van der Waals surface area contributed by atoms with Gasteiger partial charge in [0.1, 0.15) is 12.1 Å². The lowest BCUT2D eigenvalue weighted by atomic mass is 9.94. The van der Waals surface area contributed by atoms with Gasteiger partial charge in [-0.25, -0.2) is 15.0 Å². The first-order chi connectivity index (χ1) is 30.1. The maximum Gasteiger partial charge on any atom is 0.150 e. The molecular formula is C53H97N9. The fourth-order valence-electron chi connectivity index (χ4n) is 8.19. The molecule has 3 unspecified atom stereocenters. The Morgan fingerprint density at radius 3 is 1.32 bits per heavy atom. The fraction of sp³-hybridized carbons (Fsp3) is 0.755. The van der Waals surface area contributed by atoms with Crippen molar-refractivity contribution < 1.29 is 0 Å². The van der Waals surface area contributed by atoms with Crippen molar-refractivity contribution in [1.29, 1.82) is 0 Å². The van der Waals surface area contributed by atoms with Crippen molar-refractivity contribution in [3.63, 3.8) is 0 Å². The third-order valence-electron chi connectivity index (χ3n) is 11.9. The number of rotatable bonds is 15. The van der Waals surface area contributed by atoms with Crippen molar-refractivity contribution in [3.05, 3.63) is 72.5 Å². The summed E-state index contributed by atoms with van der Waals surface area (Å²) < 4.78 is 0. The summed E-state index contributed by atoms with van der Waals surface area (Å²) in [7, 11) is 10.6. The van der Waals surface area contributed by atoms with Crippen LogP contribution in [0.25, 0.3) is 0 Å². The molecule has 6 heterocycles. The molecule has 9 nitrogen and oxygen atoms in total. The minimum Gasteiger partial charge on any atom is -0.361 e. The van der Waals surface area contributed by atoms with E-state index in [2.05, 4.69) is 119 Å². The van der Waals surface area contributed by atoms with Crippen LogP contribution in [0.15, 0.2) is 55.4 Å². The van der Waals surface area contributed by atoms with Gasteiger partial charge in [0.15, 0.2) is 0 Å². The van der Waals surface area contributed by atoms with E-state index in [1.807, 2.05) is 38.6 Å². The molecule has 0 spiro atoms. The molecule has 3 aromatic heterocycles. The summed E-state index contributed by atoms with van der Waals surface area (Å²) in [5, 5.41) is 0. The van der Waals surface area contributed by atoms with E-state index in [0.29, 0.717) is 17.8 Å². The van der Waals surface area contributed by atoms with E-state index < -0.39 is 0 Å². The number of likely N-dealkylation sites (N-methyl/N-ethyl adjacent to an activating group) is 3. The maximum atomic E-state index is 4.53. The Kier molecular flexibility index (Phi) is 35.4. The molecule has 9 heteroatoms. The van der Waals surface area contributed by atoms with Crippen molar-refractivity contribution in [1.82, 2.24) is 39.6 Å². The molecule has 3 aliphatic rings. The molecule has 3 aromatic rings. The van der Waals surface area contributed by atoms with Gasteiger partial charge in [-0.3, -0.25) is 9.97 Å². The molecule has 3 aliphatic heterocycles. The van der Waals surface area contributed by atoms with Gasteiger partial charge in [-0.1, -0.05) is 138 Å². The number of nitrogens with zero attached hydrogens (tertiary/aromatic N) is 9. The number of likely N-dealkylation sites (tertiary alicyclic amines) is 3. The summed E-state index contributed by atoms with van der Waals surface area (Å²) >= 11 is 0. The summed E-state index contributed by atoms with van der Waals surface area (Å²) in [6.45, 7) is 20.5. The first-order valence-corrected chi connectivity index (χ1v) is 25.4. The second-order valence-electron chi connectivity index (χ2n) is 18.2. The van der Waals surface area contributed by atoms with Crippen molar-refractivity contribution in [3.8, 4) is 0 Å². The van der Waals surface area contributed by atoms with Crippen LogP contribution >= 0.6 is 0 Å². The highest BCUT2D eigenvalue weighted by molar-refractivity contribution is 5.43. The number of hydrogen-bond acceptors (Lipinski definition) is 9. The molecule has 62 heavy (non-hydrogen) atoms. The van der Waals surface area contributed by atoms with Crippen LogP contribution in [0.2, 0.25) is 0 Å². The average molecular weight is 860 g/mol. The van der Waals surface area contributed by atoms with E-state index in [-0.39, 0.29) is 0 Å². The van der Waals surface area contributed by atoms with E-state index >= 15 is 0 Å². The molecule has 0 aromatic carbocycles. The topological polar surface area (TPSA) is 77.4 Å². The van der Waals surface area contributed by atoms with E-state index in [1.54, 1.807) is 18.7 Å². The molecular weight excluding hydrogens is 763 g/mol. The normalized spacial score (nSPS) is 19.0. The van der Waals surface area contributed by atoms with Crippen LogP contribution in [0.1, 0.15) is 205 Å². The molecule has 3 fully saturated rings. The Balaban J connectivity index is 0.000000387. The maximum absolute atomic E-state index is 4.53. The number of anilines is 1. The lowest BCUT2D eigenvalue weighted by Gasteiger charge is -2.30. The standard InChI is InChI=1S/C12H20N4.C11H16N2.C10H15N3.2C7H16.C6H14/c1-15(2)12-11(13-6-7-14-12)10-5-4-8-16(3)9-10;1-13-8-4-5-10(9-13)11-6-2-3-7-12-11;1-13-6-2-3-9(7-13)10-4-5-11-8-12-10;2*1-3-5-7-6-4-2;1-3-5-6-4-2/h6-7,10H,4-5,8-9H2,1-3H3;2-3,6-7,10H,4-5,8-9H2,1H3;4-5,8-9H,2-3,6-7H2,1H3;2*3-7H2,1-2H3;3-6H2,1-2H3. The third kappa shape index (κ3) is 27.2. The van der Waals surface area contributed by atoms with Crippen LogP contribution in [0.4, 0.5) is 5.82 Å². The van der Waals surface area contributed by atoms with Gasteiger partial charge in [0, 0.05) is 87.7 Å². The molecule has 0 saturated carbocycles. The van der Waals surface area contributed by atoms with Gasteiger partial charge in [0.25, 0.3) is 0 Å². The van der Waals surface area contributed by atoms with Crippen LogP contribution in [0.3, 0.4) is 0 Å². The van der Waals surface area contributed by atoms with Gasteiger partial charge in [0.2, 0.25) is 0 Å². The Bertz CT molecular complexity index is 1310. The summed E-state index contributed by atoms with van der Waals surface area (Å²) in [6, 6.07) is 8.24. The third-order valence-corrected chi connectivity index (χ3v) is 11.9. The van der Waals surface area contributed by atoms with Gasteiger partial charge >= 0.3 is 0 Å². The monoisotopic (exact) mass is 860 g/mol. The predicted octanol–water partition coefficient (Wildman–Crippen LogP) is 13.1. The quantitative estimate of drug-likeness (QED) is 0.139. The van der Waals surface area contributed by atoms with Crippen LogP contribution in [-0.4, -0.2) is 114 Å². The van der Waals surface area contributed by atoms with Crippen molar-refractivity contribution in [2.75, 3.05) is 79.4 Å². The second kappa shape index (κ2) is 38.4. The van der Waals surface area contributed by atoms with E-state index in [0.717, 1.165) is 31.1 Å². The van der Waals surface area contributed by atoms with E-state index in [4.69, 9.17) is 0 Å². The first-order valence-electron chi connectivity index (χ1n) is 25.4. The van der Waals surface area contributed by atoms with Gasteiger partial charge < -0.3 is 19.6 Å². The highest BCUT2D eigenvalue weighted by atomic mass is 15.2. The average Bonchev–Trinajstić information content (AvgIpc) is 3.30. The molecule has 354 valence electrons. The number of unbranched alkanes of at least 4 members (excludes halogenated alkanes) is 11. The minimum atomic E-state index is 0.532. The van der Waals surface area contributed by atoms with Crippen LogP contribution in [-0.2, 0) is 0 Å². The molecule has 0 radical (unpaired) electrons. The Labute approximate surface area is 383 Å². The van der Waals surface area contributed by atoms with Gasteiger partial charge in [-0.05, 0) is 97.5 Å². The van der Waals surface area contributed by atoms with Crippen LogP contribution < -0.4 is 4.90 Å². The highest BCUT2D eigenvalue weighted by Crippen LogP contribution is 2.29. The summed E-state index contributed by atoms with van der Waals surface area (Å²) in [5.74, 6) is 2.81. The van der Waals surface area contributed by atoms with Gasteiger partial charge in [-0.2, -0.15) is 0 Å². The Morgan fingerprint density at radius 2 is 0.919 bits per heavy atom. The minimum absolute atomic E-state index is 0.532. The molecule has 0 amide bonds. The summed E-state index contributed by atoms with van der Waals surface area (Å²) in [6.07, 6.45) is 36.1. The number of pyridine rings is 1. The zero-order valence-corrected chi connectivity index (χ0v) is 42.3. The second-order valence-corrected chi connectivity index (χ2v) is 18.2. The van der Waals surface area contributed by atoms with Crippen LogP contribution in [0.5, 0.6) is 0 Å². The number of aromatic nitrogens is 5. The summed E-state index contributed by atoms with van der Waals surface area (Å²) in [4.78, 5) is 30.8. The molecule has 0 N–H and O–H groups in total. The molecule has 0 aliphatic carbocycles. The number of hydrogen-bond donors (Lipinski definition) is 0. The molecule has 0 bridgehead atoms. The molecule has 6 rings (SSSR count). The predicted molar refractivity (Wildman–Crippen MR) is 270 cm³/mol. The van der Waals surface area contributed by atoms with Crippen molar-refractivity contribution in [2.24, 2.45) is 0 Å². The van der Waals surface area contributed by atoms with Crippen molar-refractivity contribution >= 4 is 5.82 Å². The lowest BCUT2D eigenvalue weighted by Crippen LogP contribution is -2.32. The largest absolute Gasteiger partial charge is 0.361 e. The highest BCUT2D eigenvalue weighted by Gasteiger charge is 2.24. The Hall–Kier alpha value is -3.01. The Morgan fingerprint density at radius 1 is 0.484 bits per heavy atom. The summed E-state index contributed by atoms with van der Waals surface area (Å²) in [5.41, 5.74) is 3.61. The van der Waals surface area contributed by atoms with E-state index in [1.165, 1.54) is 159 Å². The number of piperidine rings is 3.